The first-order valence-corrected chi connectivity index (χ1v) is 7.84. The van der Waals surface area contributed by atoms with E-state index >= 15 is 0 Å². The van der Waals surface area contributed by atoms with Gasteiger partial charge in [-0.3, -0.25) is 4.98 Å². The van der Waals surface area contributed by atoms with Crippen molar-refractivity contribution in [3.63, 3.8) is 0 Å². The quantitative estimate of drug-likeness (QED) is 0.910. The van der Waals surface area contributed by atoms with Gasteiger partial charge in [-0.2, -0.15) is 5.26 Å². The Hall–Kier alpha value is -1.56. The van der Waals surface area contributed by atoms with Crippen molar-refractivity contribution >= 4 is 5.69 Å². The maximum atomic E-state index is 9.16. The molecule has 3 heteroatoms. The molecule has 20 heavy (non-hydrogen) atoms. The van der Waals surface area contributed by atoms with Crippen molar-refractivity contribution in [3.8, 4) is 6.07 Å². The smallest absolute Gasteiger partial charge is 0.101 e. The molecule has 0 atom stereocenters. The van der Waals surface area contributed by atoms with Crippen molar-refractivity contribution in [2.24, 2.45) is 23.2 Å². The summed E-state index contributed by atoms with van der Waals surface area (Å²) >= 11 is 0. The van der Waals surface area contributed by atoms with Gasteiger partial charge < -0.3 is 5.32 Å². The number of aromatic nitrogens is 1. The van der Waals surface area contributed by atoms with Gasteiger partial charge in [0, 0.05) is 12.7 Å². The molecule has 1 heterocycles. The summed E-state index contributed by atoms with van der Waals surface area (Å²) in [4.78, 5) is 4.14. The first-order chi connectivity index (χ1) is 9.76. The van der Waals surface area contributed by atoms with Crippen molar-refractivity contribution in [1.82, 2.24) is 4.98 Å². The highest BCUT2D eigenvalue weighted by molar-refractivity contribution is 5.55. The van der Waals surface area contributed by atoms with Crippen LogP contribution in [0.1, 0.15) is 44.1 Å². The highest BCUT2D eigenvalue weighted by atomic mass is 14.9. The lowest BCUT2D eigenvalue weighted by Gasteiger charge is -2.57. The maximum Gasteiger partial charge on any atom is 0.101 e. The van der Waals surface area contributed by atoms with Crippen LogP contribution in [-0.2, 0) is 0 Å². The van der Waals surface area contributed by atoms with Crippen LogP contribution < -0.4 is 5.32 Å². The third-order valence-corrected chi connectivity index (χ3v) is 5.76. The average Bonchev–Trinajstić information content (AvgIpc) is 2.44. The zero-order valence-electron chi connectivity index (χ0n) is 11.8. The normalized spacial score (nSPS) is 37.6. The number of pyridine rings is 1. The van der Waals surface area contributed by atoms with E-state index in [0.717, 1.165) is 30.0 Å². The Bertz CT molecular complexity index is 522. The lowest BCUT2D eigenvalue weighted by Crippen LogP contribution is -2.49. The second kappa shape index (κ2) is 4.48. The minimum Gasteiger partial charge on any atom is -0.382 e. The van der Waals surface area contributed by atoms with E-state index in [1.165, 1.54) is 38.5 Å². The zero-order valence-corrected chi connectivity index (χ0v) is 11.8. The molecule has 4 aliphatic rings. The van der Waals surface area contributed by atoms with E-state index in [2.05, 4.69) is 16.4 Å². The van der Waals surface area contributed by atoms with Gasteiger partial charge >= 0.3 is 0 Å². The Morgan fingerprint density at radius 1 is 1.20 bits per heavy atom. The molecule has 4 saturated carbocycles. The lowest BCUT2D eigenvalue weighted by molar-refractivity contribution is -0.0444. The molecule has 4 aliphatic carbocycles. The molecule has 1 N–H and O–H groups in total. The standard InChI is InChI=1S/C17H21N3/c18-9-15-1-2-19-10-16(15)20-11-17-6-12-3-13(7-17)5-14(4-12)8-17/h1-2,10,12-14,20H,3-8,11H2. The van der Waals surface area contributed by atoms with E-state index in [1.807, 2.05) is 0 Å². The number of hydrogen-bond acceptors (Lipinski definition) is 3. The number of nitrogens with one attached hydrogen (secondary N) is 1. The molecule has 0 aromatic carbocycles. The topological polar surface area (TPSA) is 48.7 Å². The molecule has 4 fully saturated rings. The number of nitriles is 1. The average molecular weight is 267 g/mol. The van der Waals surface area contributed by atoms with Gasteiger partial charge in [0.15, 0.2) is 0 Å². The van der Waals surface area contributed by atoms with Crippen LogP contribution in [0.25, 0.3) is 0 Å². The molecular weight excluding hydrogens is 246 g/mol. The van der Waals surface area contributed by atoms with Gasteiger partial charge in [-0.15, -0.1) is 0 Å². The van der Waals surface area contributed by atoms with Gasteiger partial charge in [-0.05, 0) is 67.8 Å². The van der Waals surface area contributed by atoms with Crippen LogP contribution in [0.3, 0.4) is 0 Å². The second-order valence-electron chi connectivity index (χ2n) is 7.30. The number of anilines is 1. The number of nitrogens with zero attached hydrogens (tertiary/aromatic N) is 2. The first-order valence-electron chi connectivity index (χ1n) is 7.84. The minimum absolute atomic E-state index is 0.497. The summed E-state index contributed by atoms with van der Waals surface area (Å²) in [6, 6.07) is 4.05. The van der Waals surface area contributed by atoms with Gasteiger partial charge in [-0.25, -0.2) is 0 Å². The highest BCUT2D eigenvalue weighted by Crippen LogP contribution is 2.59. The zero-order chi connectivity index (χ0) is 13.6. The Morgan fingerprint density at radius 3 is 2.45 bits per heavy atom. The summed E-state index contributed by atoms with van der Waals surface area (Å²) in [6.45, 7) is 1.02. The summed E-state index contributed by atoms with van der Waals surface area (Å²) in [6.07, 6.45) is 12.1. The Labute approximate surface area is 120 Å². The number of rotatable bonds is 3. The predicted molar refractivity (Wildman–Crippen MR) is 78.0 cm³/mol. The third kappa shape index (κ3) is 1.98. The van der Waals surface area contributed by atoms with Crippen LogP contribution in [0.15, 0.2) is 18.5 Å². The molecule has 0 spiro atoms. The fourth-order valence-electron chi connectivity index (χ4n) is 5.42. The Morgan fingerprint density at radius 2 is 1.85 bits per heavy atom. The van der Waals surface area contributed by atoms with E-state index < -0.39 is 0 Å². The van der Waals surface area contributed by atoms with Gasteiger partial charge in [0.05, 0.1) is 17.4 Å². The van der Waals surface area contributed by atoms with Gasteiger partial charge in [-0.1, -0.05) is 0 Å². The van der Waals surface area contributed by atoms with Crippen LogP contribution >= 0.6 is 0 Å². The van der Waals surface area contributed by atoms with Gasteiger partial charge in [0.2, 0.25) is 0 Å². The molecule has 0 amide bonds. The summed E-state index contributed by atoms with van der Waals surface area (Å²) < 4.78 is 0. The van der Waals surface area contributed by atoms with E-state index in [4.69, 9.17) is 5.26 Å². The summed E-state index contributed by atoms with van der Waals surface area (Å²) in [5.41, 5.74) is 2.12. The molecule has 104 valence electrons. The molecule has 3 nitrogen and oxygen atoms in total. The summed E-state index contributed by atoms with van der Waals surface area (Å²) in [7, 11) is 0. The third-order valence-electron chi connectivity index (χ3n) is 5.76. The van der Waals surface area contributed by atoms with Crippen molar-refractivity contribution in [3.05, 3.63) is 24.0 Å². The second-order valence-corrected chi connectivity index (χ2v) is 7.30. The summed E-state index contributed by atoms with van der Waals surface area (Å²) in [5.74, 6) is 2.94. The Kier molecular flexibility index (Phi) is 2.73. The molecule has 4 bridgehead atoms. The molecule has 0 unspecified atom stereocenters. The van der Waals surface area contributed by atoms with Gasteiger partial charge in [0.25, 0.3) is 0 Å². The molecule has 1 aromatic rings. The van der Waals surface area contributed by atoms with Crippen molar-refractivity contribution in [1.29, 1.82) is 5.26 Å². The van der Waals surface area contributed by atoms with Crippen LogP contribution in [0.5, 0.6) is 0 Å². The van der Waals surface area contributed by atoms with Crippen LogP contribution in [-0.4, -0.2) is 11.5 Å². The lowest BCUT2D eigenvalue weighted by atomic mass is 9.49. The largest absolute Gasteiger partial charge is 0.382 e. The van der Waals surface area contributed by atoms with E-state index in [0.29, 0.717) is 11.0 Å². The SMILES string of the molecule is N#Cc1ccncc1NCC12CC3CC(CC(C3)C1)C2. The van der Waals surface area contributed by atoms with Crippen molar-refractivity contribution in [2.45, 2.75) is 38.5 Å². The fraction of sp³-hybridized carbons (Fsp3) is 0.647. The first kappa shape index (κ1) is 12.2. The fourth-order valence-corrected chi connectivity index (χ4v) is 5.42. The highest BCUT2D eigenvalue weighted by Gasteiger charge is 2.50. The predicted octanol–water partition coefficient (Wildman–Crippen LogP) is 3.58. The van der Waals surface area contributed by atoms with Crippen LogP contribution in [0, 0.1) is 34.5 Å². The molecule has 5 rings (SSSR count). The van der Waals surface area contributed by atoms with Crippen LogP contribution in [0.2, 0.25) is 0 Å². The van der Waals surface area contributed by atoms with E-state index in [-0.39, 0.29) is 0 Å². The molecular formula is C17H21N3. The monoisotopic (exact) mass is 267 g/mol. The van der Waals surface area contributed by atoms with E-state index in [1.54, 1.807) is 18.5 Å². The summed E-state index contributed by atoms with van der Waals surface area (Å²) in [5, 5.41) is 12.7. The molecule has 0 saturated heterocycles. The minimum atomic E-state index is 0.497. The van der Waals surface area contributed by atoms with Crippen LogP contribution in [0.4, 0.5) is 5.69 Å². The van der Waals surface area contributed by atoms with Crippen molar-refractivity contribution in [2.75, 3.05) is 11.9 Å². The maximum absolute atomic E-state index is 9.16. The van der Waals surface area contributed by atoms with Crippen molar-refractivity contribution < 1.29 is 0 Å². The molecule has 1 aromatic heterocycles. The molecule has 0 aliphatic heterocycles. The Balaban J connectivity index is 1.51. The molecule has 0 radical (unpaired) electrons. The van der Waals surface area contributed by atoms with E-state index in [9.17, 15) is 0 Å². The number of hydrogen-bond donors (Lipinski definition) is 1. The van der Waals surface area contributed by atoms with Gasteiger partial charge in [0.1, 0.15) is 6.07 Å².